The number of hydrogen-bond donors (Lipinski definition) is 0. The van der Waals surface area contributed by atoms with Crippen LogP contribution in [-0.4, -0.2) is 71.1 Å². The fourth-order valence-corrected chi connectivity index (χ4v) is 13.3. The Bertz CT molecular complexity index is 2670. The van der Waals surface area contributed by atoms with Gasteiger partial charge in [-0.2, -0.15) is 0 Å². The highest BCUT2D eigenvalue weighted by molar-refractivity contribution is 7.12. The minimum absolute atomic E-state index is 0.0729. The van der Waals surface area contributed by atoms with E-state index in [1.165, 1.54) is 12.8 Å². The van der Waals surface area contributed by atoms with Crippen molar-refractivity contribution in [3.63, 3.8) is 0 Å². The lowest BCUT2D eigenvalue weighted by molar-refractivity contribution is -0.121. The number of benzene rings is 4. The molecule has 14 heteroatoms. The molecule has 0 bridgehead atoms. The number of carbonyl (C=O) groups excluding carboxylic acids is 2. The molecule has 0 amide bonds. The van der Waals surface area contributed by atoms with Crippen molar-refractivity contribution in [1.29, 1.82) is 0 Å². The molecule has 12 rings (SSSR count). The van der Waals surface area contributed by atoms with Gasteiger partial charge < -0.3 is 18.9 Å². The van der Waals surface area contributed by atoms with Crippen molar-refractivity contribution in [2.75, 3.05) is 39.8 Å². The number of rotatable bonds is 14. The largest absolute Gasteiger partial charge is 0.454 e. The van der Waals surface area contributed by atoms with Crippen LogP contribution in [0, 0.1) is 11.8 Å². The highest BCUT2D eigenvalue weighted by Crippen LogP contribution is 2.53. The summed E-state index contributed by atoms with van der Waals surface area (Å²) in [4.78, 5) is 43.6. The number of Topliss-reactive ketones (excluding diaryl/α,β-unsaturated/α-hetero) is 2. The minimum atomic E-state index is -0.417. The summed E-state index contributed by atoms with van der Waals surface area (Å²) >= 11 is 16.6. The molecule has 2 aromatic heterocycles. The van der Waals surface area contributed by atoms with Gasteiger partial charge in [-0.25, -0.2) is 9.97 Å². The van der Waals surface area contributed by atoms with E-state index in [1.807, 2.05) is 85.2 Å². The van der Waals surface area contributed by atoms with Crippen LogP contribution in [0.5, 0.6) is 23.0 Å². The Hall–Kier alpha value is -4.82. The van der Waals surface area contributed by atoms with Crippen LogP contribution in [0.4, 0.5) is 0 Å². The molecule has 6 aromatic rings. The highest BCUT2D eigenvalue weighted by Gasteiger charge is 2.52. The molecule has 0 N–H and O–H groups in total. The summed E-state index contributed by atoms with van der Waals surface area (Å²) in [5, 5.41) is 3.29. The average molecular weight is 990 g/mol. The van der Waals surface area contributed by atoms with E-state index in [2.05, 4.69) is 35.8 Å². The van der Waals surface area contributed by atoms with Crippen molar-refractivity contribution in [2.45, 2.75) is 88.1 Å². The number of halogens is 2. The monoisotopic (exact) mass is 988 g/mol. The number of hydrogen-bond acceptors (Lipinski definition) is 12. The number of nitrogens with zero attached hydrogens (tertiary/aromatic N) is 4. The molecule has 0 spiro atoms. The van der Waals surface area contributed by atoms with Gasteiger partial charge in [0.2, 0.25) is 13.6 Å². The van der Waals surface area contributed by atoms with Gasteiger partial charge in [0.05, 0.1) is 35.8 Å². The summed E-state index contributed by atoms with van der Waals surface area (Å²) in [5.41, 5.74) is 3.44. The van der Waals surface area contributed by atoms with Crippen molar-refractivity contribution in [2.24, 2.45) is 11.8 Å². The number of likely N-dealkylation sites (tertiary alicyclic amines) is 2. The molecule has 6 aliphatic rings. The number of fused-ring (bicyclic) bond motifs is 2. The van der Waals surface area contributed by atoms with Gasteiger partial charge in [0.15, 0.2) is 23.0 Å². The lowest BCUT2D eigenvalue weighted by atomic mass is 9.89. The molecule has 6 heterocycles. The maximum atomic E-state index is 13.5. The standard InChI is InChI=1S/2C27H27ClN2O3S/c2*1-17-8-11-30(15-17)26(19-4-2-3-5-20(19)28)23-14-29-25(34-23)13-24(31)27(9-10-27)18-6-7-21-22(12-18)33-16-32-21/h2*2-7,12,14,17,26H,8-11,13,15-16H2,1H3/t17-,26+;17-,26-/m11/s1. The van der Waals surface area contributed by atoms with E-state index in [4.69, 9.17) is 52.1 Å². The van der Waals surface area contributed by atoms with Crippen LogP contribution in [0.1, 0.15) is 106 Å². The van der Waals surface area contributed by atoms with Gasteiger partial charge in [0.25, 0.3) is 0 Å². The van der Waals surface area contributed by atoms with E-state index >= 15 is 0 Å². The van der Waals surface area contributed by atoms with Gasteiger partial charge in [-0.3, -0.25) is 19.4 Å². The zero-order chi connectivity index (χ0) is 46.6. The third-order valence-corrected chi connectivity index (χ3v) is 17.6. The van der Waals surface area contributed by atoms with E-state index in [0.717, 1.165) is 127 Å². The summed E-state index contributed by atoms with van der Waals surface area (Å²) in [7, 11) is 0. The molecule has 2 saturated heterocycles. The van der Waals surface area contributed by atoms with Crippen molar-refractivity contribution in [1.82, 2.24) is 19.8 Å². The summed E-state index contributed by atoms with van der Waals surface area (Å²) in [6.45, 7) is 9.22. The smallest absolute Gasteiger partial charge is 0.231 e. The lowest BCUT2D eigenvalue weighted by Gasteiger charge is -2.28. The Morgan fingerprint density at radius 3 is 1.41 bits per heavy atom. The van der Waals surface area contributed by atoms with E-state index < -0.39 is 10.8 Å². The summed E-state index contributed by atoms with van der Waals surface area (Å²) in [5.74, 6) is 4.75. The Kier molecular flexibility index (Phi) is 12.6. The quantitative estimate of drug-likeness (QED) is 0.105. The fourth-order valence-electron chi connectivity index (χ4n) is 10.6. The molecule has 0 unspecified atom stereocenters. The number of ether oxygens (including phenoxy) is 4. The maximum Gasteiger partial charge on any atom is 0.231 e. The predicted molar refractivity (Wildman–Crippen MR) is 266 cm³/mol. The molecule has 2 aliphatic carbocycles. The highest BCUT2D eigenvalue weighted by atomic mass is 35.5. The fraction of sp³-hybridized carbons (Fsp3) is 0.407. The molecule has 4 fully saturated rings. The van der Waals surface area contributed by atoms with Gasteiger partial charge in [0, 0.05) is 45.3 Å². The van der Waals surface area contributed by atoms with Crippen LogP contribution in [0.25, 0.3) is 0 Å². The van der Waals surface area contributed by atoms with Crippen LogP contribution in [0.2, 0.25) is 10.0 Å². The molecule has 0 radical (unpaired) electrons. The van der Waals surface area contributed by atoms with Crippen LogP contribution in [0.3, 0.4) is 0 Å². The van der Waals surface area contributed by atoms with Gasteiger partial charge >= 0.3 is 0 Å². The number of carbonyl (C=O) groups is 2. The van der Waals surface area contributed by atoms with Gasteiger partial charge in [-0.1, -0.05) is 85.6 Å². The summed E-state index contributed by atoms with van der Waals surface area (Å²) in [6.07, 6.45) is 10.5. The maximum absolute atomic E-state index is 13.5. The Labute approximate surface area is 415 Å². The predicted octanol–water partition coefficient (Wildman–Crippen LogP) is 11.6. The first-order chi connectivity index (χ1) is 33.1. The normalized spacial score (nSPS) is 21.5. The topological polar surface area (TPSA) is 103 Å². The molecule has 68 heavy (non-hydrogen) atoms. The third-order valence-electron chi connectivity index (χ3n) is 14.8. The van der Waals surface area contributed by atoms with Crippen molar-refractivity contribution < 1.29 is 28.5 Å². The van der Waals surface area contributed by atoms with Crippen LogP contribution in [-0.2, 0) is 33.3 Å². The van der Waals surface area contributed by atoms with Crippen LogP contribution in [0.15, 0.2) is 97.3 Å². The molecule has 4 aliphatic heterocycles. The molecule has 352 valence electrons. The summed E-state index contributed by atoms with van der Waals surface area (Å²) < 4.78 is 21.9. The molecule has 4 aromatic carbocycles. The molecular weight excluding hydrogens is 936 g/mol. The van der Waals surface area contributed by atoms with Gasteiger partial charge in [0.1, 0.15) is 21.6 Å². The molecular formula is C54H54Cl2N4O6S2. The van der Waals surface area contributed by atoms with E-state index in [9.17, 15) is 9.59 Å². The Morgan fingerprint density at radius 2 is 1.03 bits per heavy atom. The van der Waals surface area contributed by atoms with E-state index in [0.29, 0.717) is 24.7 Å². The van der Waals surface area contributed by atoms with Crippen molar-refractivity contribution in [3.05, 3.63) is 149 Å². The first-order valence-corrected chi connectivity index (χ1v) is 26.2. The number of thiazole rings is 2. The Morgan fingerprint density at radius 1 is 0.618 bits per heavy atom. The third kappa shape index (κ3) is 8.97. The first-order valence-electron chi connectivity index (χ1n) is 23.8. The lowest BCUT2D eigenvalue weighted by Crippen LogP contribution is -2.27. The molecule has 2 saturated carbocycles. The average Bonchev–Trinajstić information content (AvgIpc) is 3.71. The van der Waals surface area contributed by atoms with E-state index in [-0.39, 0.29) is 37.2 Å². The first kappa shape index (κ1) is 45.6. The second kappa shape index (κ2) is 18.8. The van der Waals surface area contributed by atoms with E-state index in [1.54, 1.807) is 22.7 Å². The van der Waals surface area contributed by atoms with Crippen molar-refractivity contribution in [3.8, 4) is 23.0 Å². The zero-order valence-electron chi connectivity index (χ0n) is 38.3. The van der Waals surface area contributed by atoms with Crippen LogP contribution >= 0.6 is 45.9 Å². The Balaban J connectivity index is 0.000000149. The van der Waals surface area contributed by atoms with Crippen molar-refractivity contribution >= 4 is 57.4 Å². The summed E-state index contributed by atoms with van der Waals surface area (Å²) in [6, 6.07) is 28.1. The zero-order valence-corrected chi connectivity index (χ0v) is 41.4. The SMILES string of the molecule is C[C@@H]1CCN([C@@H](c2cnc(CC(=O)C3(c4ccc5c(c4)OCO5)CC3)s2)c2ccccc2Cl)C1.C[C@@H]1CCN([C@H](c2cnc(CC(=O)C3(c4ccc5c(c4)OCO5)CC3)s2)c2ccccc2Cl)C1. The number of aromatic nitrogens is 2. The van der Waals surface area contributed by atoms with Gasteiger partial charge in [-0.15, -0.1) is 22.7 Å². The van der Waals surface area contributed by atoms with Gasteiger partial charge in [-0.05, 0) is 122 Å². The second-order valence-electron chi connectivity index (χ2n) is 19.4. The van der Waals surface area contributed by atoms with Crippen LogP contribution < -0.4 is 18.9 Å². The molecule has 10 nitrogen and oxygen atoms in total. The minimum Gasteiger partial charge on any atom is -0.454 e. The molecule has 4 atom stereocenters. The second-order valence-corrected chi connectivity index (χ2v) is 22.5. The number of ketones is 2.